The summed E-state index contributed by atoms with van der Waals surface area (Å²) in [6.07, 6.45) is 15.3. The van der Waals surface area contributed by atoms with Crippen molar-refractivity contribution in [2.45, 2.75) is 13.8 Å². The first-order valence-corrected chi connectivity index (χ1v) is 9.45. The molecule has 4 heteroatoms. The van der Waals surface area contributed by atoms with Crippen LogP contribution in [0.25, 0.3) is 0 Å². The van der Waals surface area contributed by atoms with Gasteiger partial charge in [0.05, 0.1) is 34.6 Å². The van der Waals surface area contributed by atoms with E-state index in [1.54, 1.807) is 36.7 Å². The molecule has 146 valence electrons. The smallest absolute Gasteiger partial charge is 0.0991 e. The minimum Gasteiger partial charge on any atom is -0.257 e. The Morgan fingerprint density at radius 2 is 1.03 bits per heavy atom. The van der Waals surface area contributed by atoms with Gasteiger partial charge in [-0.15, -0.1) is 0 Å². The summed E-state index contributed by atoms with van der Waals surface area (Å²) < 4.78 is 0. The highest BCUT2D eigenvalue weighted by atomic mass is 14.7. The van der Waals surface area contributed by atoms with Gasteiger partial charge in [0, 0.05) is 12.4 Å². The van der Waals surface area contributed by atoms with E-state index < -0.39 is 0 Å². The van der Waals surface area contributed by atoms with E-state index in [0.29, 0.717) is 11.1 Å². The lowest BCUT2D eigenvalue weighted by Gasteiger charge is -2.02. The van der Waals surface area contributed by atoms with Crippen molar-refractivity contribution in [1.82, 2.24) is 0 Å². The molecule has 0 unspecified atom stereocenters. The van der Waals surface area contributed by atoms with Crippen molar-refractivity contribution in [3.05, 3.63) is 107 Å². The van der Waals surface area contributed by atoms with Gasteiger partial charge in [-0.25, -0.2) is 0 Å². The number of hydrogen-bond donors (Lipinski definition) is 0. The van der Waals surface area contributed by atoms with Crippen LogP contribution in [0.1, 0.15) is 25.0 Å². The summed E-state index contributed by atoms with van der Waals surface area (Å²) in [7, 11) is 0. The highest BCUT2D eigenvalue weighted by Gasteiger charge is 1.97. The van der Waals surface area contributed by atoms with E-state index in [2.05, 4.69) is 22.1 Å². The molecule has 0 N–H and O–H groups in total. The predicted octanol–water partition coefficient (Wildman–Crippen LogP) is 6.54. The van der Waals surface area contributed by atoms with Crippen LogP contribution >= 0.6 is 0 Å². The number of aliphatic imine (C=N–C) groups is 2. The zero-order valence-corrected chi connectivity index (χ0v) is 17.0. The summed E-state index contributed by atoms with van der Waals surface area (Å²) >= 11 is 0. The van der Waals surface area contributed by atoms with Crippen molar-refractivity contribution in [2.75, 3.05) is 0 Å². The van der Waals surface area contributed by atoms with Crippen molar-refractivity contribution in [1.29, 1.82) is 10.5 Å². The van der Waals surface area contributed by atoms with E-state index in [-0.39, 0.29) is 0 Å². The molecule has 0 saturated heterocycles. The Labute approximate surface area is 177 Å². The Morgan fingerprint density at radius 3 is 1.33 bits per heavy atom. The van der Waals surface area contributed by atoms with Gasteiger partial charge < -0.3 is 0 Å². The van der Waals surface area contributed by atoms with Gasteiger partial charge in [-0.3, -0.25) is 9.98 Å². The van der Waals surface area contributed by atoms with E-state index in [0.717, 1.165) is 22.5 Å². The van der Waals surface area contributed by atoms with Crippen molar-refractivity contribution < 1.29 is 0 Å². The fraction of sp³-hybridized carbons (Fsp3) is 0.0769. The number of nitriles is 2. The fourth-order valence-electron chi connectivity index (χ4n) is 2.51. The molecule has 0 heterocycles. The second-order valence-electron chi connectivity index (χ2n) is 6.12. The summed E-state index contributed by atoms with van der Waals surface area (Å²) in [5, 5.41) is 17.7. The fourth-order valence-corrected chi connectivity index (χ4v) is 2.51. The van der Waals surface area contributed by atoms with E-state index in [4.69, 9.17) is 10.5 Å². The number of hydrogen-bond acceptors (Lipinski definition) is 4. The molecule has 0 amide bonds. The number of benzene rings is 2. The molecule has 0 bridgehead atoms. The van der Waals surface area contributed by atoms with Crippen LogP contribution in [0.3, 0.4) is 0 Å². The van der Waals surface area contributed by atoms with Crippen molar-refractivity contribution in [2.24, 2.45) is 9.98 Å². The maximum absolute atomic E-state index is 8.87. The normalized spacial score (nSPS) is 12.8. The average molecular weight is 390 g/mol. The molecule has 0 saturated carbocycles. The van der Waals surface area contributed by atoms with Crippen LogP contribution in [0.4, 0.5) is 11.4 Å². The first kappa shape index (κ1) is 22.0. The number of rotatable bonds is 7. The molecular weight excluding hydrogens is 368 g/mol. The number of nitrogens with zero attached hydrogens (tertiary/aromatic N) is 4. The lowest BCUT2D eigenvalue weighted by Crippen LogP contribution is -1.86. The van der Waals surface area contributed by atoms with E-state index >= 15 is 0 Å². The Hall–Kier alpha value is -4.28. The van der Waals surface area contributed by atoms with Crippen LogP contribution < -0.4 is 0 Å². The van der Waals surface area contributed by atoms with Gasteiger partial charge in [0.2, 0.25) is 0 Å². The van der Waals surface area contributed by atoms with Gasteiger partial charge in [-0.05, 0) is 85.7 Å². The molecule has 0 aromatic heterocycles. The Morgan fingerprint density at radius 1 is 0.667 bits per heavy atom. The third-order valence-electron chi connectivity index (χ3n) is 3.97. The van der Waals surface area contributed by atoms with Gasteiger partial charge in [0.15, 0.2) is 0 Å². The summed E-state index contributed by atoms with van der Waals surface area (Å²) in [5.41, 5.74) is 4.75. The molecule has 2 aromatic rings. The Balaban J connectivity index is 2.24. The lowest BCUT2D eigenvalue weighted by atomic mass is 10.0. The molecule has 0 fully saturated rings. The molecule has 0 spiro atoms. The molecule has 0 atom stereocenters. The van der Waals surface area contributed by atoms with E-state index in [1.165, 1.54) is 0 Å². The average Bonchev–Trinajstić information content (AvgIpc) is 2.79. The van der Waals surface area contributed by atoms with Crippen LogP contribution in [-0.4, -0.2) is 12.4 Å². The molecule has 0 radical (unpaired) electrons. The van der Waals surface area contributed by atoms with Gasteiger partial charge in [0.25, 0.3) is 0 Å². The Kier molecular flexibility index (Phi) is 8.98. The predicted molar refractivity (Wildman–Crippen MR) is 124 cm³/mol. The van der Waals surface area contributed by atoms with Crippen molar-refractivity contribution in [3.63, 3.8) is 0 Å². The molecular formula is C26H22N4. The quantitative estimate of drug-likeness (QED) is 0.398. The van der Waals surface area contributed by atoms with Gasteiger partial charge in [-0.2, -0.15) is 10.5 Å². The zero-order valence-electron chi connectivity index (χ0n) is 17.0. The summed E-state index contributed by atoms with van der Waals surface area (Å²) in [6.45, 7) is 3.92. The highest BCUT2D eigenvalue weighted by Crippen LogP contribution is 2.16. The molecule has 0 aliphatic carbocycles. The SMILES string of the molecule is C\C=C/C(=C/C=N/c1ccc(C#N)cc1)C(/C=C\C)=C/C=N/c1ccc(C#N)cc1. The summed E-state index contributed by atoms with van der Waals surface area (Å²) in [6, 6.07) is 18.4. The van der Waals surface area contributed by atoms with E-state index in [9.17, 15) is 0 Å². The van der Waals surface area contributed by atoms with Gasteiger partial charge >= 0.3 is 0 Å². The van der Waals surface area contributed by atoms with Crippen LogP contribution in [0, 0.1) is 22.7 Å². The van der Waals surface area contributed by atoms with E-state index in [1.807, 2.05) is 74.6 Å². The second-order valence-corrected chi connectivity index (χ2v) is 6.12. The summed E-state index contributed by atoms with van der Waals surface area (Å²) in [4.78, 5) is 8.87. The van der Waals surface area contributed by atoms with Crippen LogP contribution in [0.15, 0.2) is 106 Å². The molecule has 2 rings (SSSR count). The highest BCUT2D eigenvalue weighted by molar-refractivity contribution is 5.82. The summed E-state index contributed by atoms with van der Waals surface area (Å²) in [5.74, 6) is 0. The lowest BCUT2D eigenvalue weighted by molar-refractivity contribution is 1.46. The third kappa shape index (κ3) is 7.03. The molecule has 4 nitrogen and oxygen atoms in total. The number of allylic oxidation sites excluding steroid dienone is 8. The molecule has 2 aromatic carbocycles. The minimum absolute atomic E-state index is 0.610. The maximum Gasteiger partial charge on any atom is 0.0991 e. The maximum atomic E-state index is 8.87. The molecule has 30 heavy (non-hydrogen) atoms. The zero-order chi connectivity index (χ0) is 21.6. The standard InChI is InChI=1S/C26H22N4/c1-3-5-23(15-17-29-25-11-7-21(19-27)8-12-25)24(6-4-2)16-18-30-26-13-9-22(20-28)10-14-26/h3-18H,1-2H3/b5-3-,6-4-,23-15-,24-16+,29-17+,30-18+. The topological polar surface area (TPSA) is 72.3 Å². The van der Waals surface area contributed by atoms with Crippen LogP contribution in [-0.2, 0) is 0 Å². The van der Waals surface area contributed by atoms with Crippen LogP contribution in [0.2, 0.25) is 0 Å². The molecule has 0 aliphatic heterocycles. The first-order chi connectivity index (χ1) is 14.7. The van der Waals surface area contributed by atoms with Gasteiger partial charge in [-0.1, -0.05) is 24.3 Å². The molecule has 0 aliphatic rings. The van der Waals surface area contributed by atoms with Gasteiger partial charge in [0.1, 0.15) is 0 Å². The largest absolute Gasteiger partial charge is 0.257 e. The monoisotopic (exact) mass is 390 g/mol. The minimum atomic E-state index is 0.610. The van der Waals surface area contributed by atoms with Crippen molar-refractivity contribution >= 4 is 23.8 Å². The van der Waals surface area contributed by atoms with Crippen LogP contribution in [0.5, 0.6) is 0 Å². The van der Waals surface area contributed by atoms with Crippen molar-refractivity contribution in [3.8, 4) is 12.1 Å². The first-order valence-electron chi connectivity index (χ1n) is 9.45. The Bertz CT molecular complexity index is 1000. The third-order valence-corrected chi connectivity index (χ3v) is 3.97. The second kappa shape index (κ2) is 12.2.